The number of anilines is 2. The average molecular weight is 569 g/mol. The van der Waals surface area contributed by atoms with Crippen LogP contribution in [0.3, 0.4) is 0 Å². The zero-order valence-corrected chi connectivity index (χ0v) is 23.0. The van der Waals surface area contributed by atoms with E-state index in [2.05, 4.69) is 41.9 Å². The molecule has 5 rings (SSSR count). The van der Waals surface area contributed by atoms with Gasteiger partial charge < -0.3 is 10.6 Å². The number of carbonyl (C=O) groups excluding carboxylic acids is 2. The van der Waals surface area contributed by atoms with Crippen molar-refractivity contribution in [2.75, 3.05) is 10.6 Å². The molecule has 12 heteroatoms. The molecular weight excluding hydrogens is 544 g/mol. The minimum absolute atomic E-state index is 0.178. The zero-order valence-electron chi connectivity index (χ0n) is 21.3. The Morgan fingerprint density at radius 2 is 1.35 bits per heavy atom. The van der Waals surface area contributed by atoms with Gasteiger partial charge in [-0.05, 0) is 42.5 Å². The summed E-state index contributed by atoms with van der Waals surface area (Å²) in [7, 11) is 0. The number of hydrogen-bond donors (Lipinski definition) is 2. The normalized spacial score (nSPS) is 16.4. The second-order valence-corrected chi connectivity index (χ2v) is 11.5. The summed E-state index contributed by atoms with van der Waals surface area (Å²) in [6, 6.07) is 15.9. The van der Waals surface area contributed by atoms with Crippen molar-refractivity contribution in [3.8, 4) is 6.07 Å². The van der Waals surface area contributed by atoms with Gasteiger partial charge in [0.25, 0.3) is 0 Å². The van der Waals surface area contributed by atoms with E-state index in [1.165, 1.54) is 22.7 Å². The molecule has 0 spiro atoms. The standard InChI is InChI=1S/C28H24N8O2S2/c1-30-22-11-9-18(10-12-22)14-24(38)32-28-36-34-26(40-28)21-4-2-3-20(15-21)25-33-35-27(39-25)31-23(37)13-17-5-7-19(16-29)8-6-17/h5-12,20-21H,2-4,13-15H2,(H,31,35,37)(H,32,36,38)/t20-,21-/m0/s1. The van der Waals surface area contributed by atoms with Crippen molar-refractivity contribution in [1.29, 1.82) is 5.26 Å². The second kappa shape index (κ2) is 12.6. The van der Waals surface area contributed by atoms with E-state index in [1.54, 1.807) is 48.5 Å². The van der Waals surface area contributed by atoms with Crippen LogP contribution in [0.5, 0.6) is 0 Å². The molecular formula is C28H24N8O2S2. The molecule has 200 valence electrons. The van der Waals surface area contributed by atoms with Crippen LogP contribution in [0.4, 0.5) is 16.0 Å². The van der Waals surface area contributed by atoms with Crippen LogP contribution in [0.1, 0.15) is 64.2 Å². The third kappa shape index (κ3) is 6.91. The fourth-order valence-corrected chi connectivity index (χ4v) is 6.44. The number of rotatable bonds is 8. The number of amides is 2. The molecule has 2 aromatic heterocycles. The van der Waals surface area contributed by atoms with E-state index in [0.29, 0.717) is 21.5 Å². The van der Waals surface area contributed by atoms with E-state index in [1.807, 2.05) is 0 Å². The van der Waals surface area contributed by atoms with E-state index in [9.17, 15) is 9.59 Å². The molecule has 2 atom stereocenters. The lowest BCUT2D eigenvalue weighted by atomic mass is 9.82. The maximum atomic E-state index is 12.5. The second-order valence-electron chi connectivity index (χ2n) is 9.49. The van der Waals surface area contributed by atoms with E-state index in [4.69, 9.17) is 11.8 Å². The Morgan fingerprint density at radius 3 is 1.82 bits per heavy atom. The fraction of sp³-hybridized carbons (Fsp3) is 0.286. The summed E-state index contributed by atoms with van der Waals surface area (Å²) >= 11 is 2.79. The Balaban J connectivity index is 1.14. The van der Waals surface area contributed by atoms with Crippen LogP contribution in [0.15, 0.2) is 48.5 Å². The Bertz CT molecular complexity index is 1460. The minimum Gasteiger partial charge on any atom is -0.300 e. The van der Waals surface area contributed by atoms with Crippen molar-refractivity contribution >= 4 is 50.4 Å². The average Bonchev–Trinajstić information content (AvgIpc) is 3.64. The van der Waals surface area contributed by atoms with Gasteiger partial charge in [0, 0.05) is 11.8 Å². The SMILES string of the molecule is [C-]#[N+]c1ccc(CC(=O)Nc2nnc([C@H]3CCC[C@H](c4nnc(NC(=O)Cc5ccc(C#N)cc5)s4)C3)s2)cc1. The van der Waals surface area contributed by atoms with Gasteiger partial charge in [0.1, 0.15) is 10.0 Å². The molecule has 0 saturated heterocycles. The van der Waals surface area contributed by atoms with Gasteiger partial charge in [0.15, 0.2) is 5.69 Å². The number of benzene rings is 2. The largest absolute Gasteiger partial charge is 0.300 e. The van der Waals surface area contributed by atoms with Gasteiger partial charge in [-0.2, -0.15) is 5.26 Å². The lowest BCUT2D eigenvalue weighted by molar-refractivity contribution is -0.116. The van der Waals surface area contributed by atoms with E-state index >= 15 is 0 Å². The molecule has 2 heterocycles. The number of nitrogens with one attached hydrogen (secondary N) is 2. The predicted molar refractivity (Wildman–Crippen MR) is 152 cm³/mol. The maximum Gasteiger partial charge on any atom is 0.230 e. The quantitative estimate of drug-likeness (QED) is 0.263. The van der Waals surface area contributed by atoms with E-state index in [-0.39, 0.29) is 36.5 Å². The molecule has 0 unspecified atom stereocenters. The highest BCUT2D eigenvalue weighted by molar-refractivity contribution is 7.15. The van der Waals surface area contributed by atoms with Crippen LogP contribution in [0.2, 0.25) is 0 Å². The van der Waals surface area contributed by atoms with Crippen molar-refractivity contribution in [3.05, 3.63) is 86.7 Å². The van der Waals surface area contributed by atoms with Gasteiger partial charge in [-0.1, -0.05) is 65.5 Å². The summed E-state index contributed by atoms with van der Waals surface area (Å²) in [5, 5.41) is 34.4. The Kier molecular flexibility index (Phi) is 8.50. The van der Waals surface area contributed by atoms with Crippen LogP contribution in [-0.4, -0.2) is 32.2 Å². The lowest BCUT2D eigenvalue weighted by Gasteiger charge is -2.25. The molecule has 1 aliphatic rings. The summed E-state index contributed by atoms with van der Waals surface area (Å²) in [5.41, 5.74) is 2.74. The monoisotopic (exact) mass is 568 g/mol. The number of nitrogens with zero attached hydrogens (tertiary/aromatic N) is 6. The van der Waals surface area contributed by atoms with Gasteiger partial charge in [0.05, 0.1) is 31.0 Å². The molecule has 1 fully saturated rings. The minimum atomic E-state index is -0.183. The van der Waals surface area contributed by atoms with E-state index in [0.717, 1.165) is 46.8 Å². The highest BCUT2D eigenvalue weighted by Gasteiger charge is 2.29. The van der Waals surface area contributed by atoms with Gasteiger partial charge in [-0.25, -0.2) is 4.85 Å². The summed E-state index contributed by atoms with van der Waals surface area (Å²) in [5.74, 6) is 0.0577. The van der Waals surface area contributed by atoms with Crippen LogP contribution < -0.4 is 10.6 Å². The third-order valence-electron chi connectivity index (χ3n) is 6.62. The predicted octanol–water partition coefficient (Wildman–Crippen LogP) is 5.62. The number of nitriles is 1. The third-order valence-corrected chi connectivity index (χ3v) is 8.63. The van der Waals surface area contributed by atoms with E-state index < -0.39 is 0 Å². The molecule has 2 amide bonds. The maximum absolute atomic E-state index is 12.5. The zero-order chi connectivity index (χ0) is 27.9. The van der Waals surface area contributed by atoms with Gasteiger partial charge in [0.2, 0.25) is 22.1 Å². The first kappa shape index (κ1) is 27.1. The number of aromatic nitrogens is 4. The Morgan fingerprint density at radius 1 is 0.850 bits per heavy atom. The highest BCUT2D eigenvalue weighted by atomic mass is 32.1. The Hall–Kier alpha value is -4.52. The van der Waals surface area contributed by atoms with Crippen molar-refractivity contribution in [2.24, 2.45) is 0 Å². The molecule has 2 aromatic carbocycles. The van der Waals surface area contributed by atoms with Gasteiger partial charge in [-0.3, -0.25) is 9.59 Å². The molecule has 0 bridgehead atoms. The Labute approximate surface area is 238 Å². The van der Waals surface area contributed by atoms with Gasteiger partial charge in [-0.15, -0.1) is 20.4 Å². The summed E-state index contributed by atoms with van der Waals surface area (Å²) in [4.78, 5) is 28.3. The van der Waals surface area contributed by atoms with Crippen LogP contribution in [0.25, 0.3) is 4.85 Å². The first-order chi connectivity index (χ1) is 19.5. The van der Waals surface area contributed by atoms with Crippen LogP contribution in [-0.2, 0) is 22.4 Å². The molecule has 1 aliphatic carbocycles. The molecule has 0 aliphatic heterocycles. The molecule has 4 aromatic rings. The molecule has 10 nitrogen and oxygen atoms in total. The molecule has 2 N–H and O–H groups in total. The number of hydrogen-bond acceptors (Lipinski definition) is 9. The smallest absolute Gasteiger partial charge is 0.230 e. The molecule has 40 heavy (non-hydrogen) atoms. The van der Waals surface area contributed by atoms with Crippen molar-refractivity contribution in [3.63, 3.8) is 0 Å². The summed E-state index contributed by atoms with van der Waals surface area (Å²) in [6.07, 6.45) is 4.22. The van der Waals surface area contributed by atoms with Crippen molar-refractivity contribution in [2.45, 2.75) is 50.4 Å². The number of carbonyl (C=O) groups is 2. The summed E-state index contributed by atoms with van der Waals surface area (Å²) < 4.78 is 0. The topological polar surface area (TPSA) is 138 Å². The van der Waals surface area contributed by atoms with Crippen LogP contribution >= 0.6 is 22.7 Å². The van der Waals surface area contributed by atoms with Crippen LogP contribution in [0, 0.1) is 17.9 Å². The van der Waals surface area contributed by atoms with Gasteiger partial charge >= 0.3 is 0 Å². The van der Waals surface area contributed by atoms with Crippen molar-refractivity contribution in [1.82, 2.24) is 20.4 Å². The lowest BCUT2D eigenvalue weighted by Crippen LogP contribution is -2.14. The summed E-state index contributed by atoms with van der Waals surface area (Å²) in [6.45, 7) is 7.03. The highest BCUT2D eigenvalue weighted by Crippen LogP contribution is 2.43. The first-order valence-corrected chi connectivity index (χ1v) is 14.3. The first-order valence-electron chi connectivity index (χ1n) is 12.7. The van der Waals surface area contributed by atoms with Crippen molar-refractivity contribution < 1.29 is 9.59 Å². The fourth-order valence-electron chi connectivity index (χ4n) is 4.62. The molecule has 0 radical (unpaired) electrons. The molecule has 1 saturated carbocycles.